The highest BCUT2D eigenvalue weighted by Crippen LogP contribution is 2.04. The van der Waals surface area contributed by atoms with E-state index in [-0.39, 0.29) is 18.4 Å². The molecule has 2 heterocycles. The van der Waals surface area contributed by atoms with Gasteiger partial charge in [0.05, 0.1) is 23.9 Å². The van der Waals surface area contributed by atoms with Crippen molar-refractivity contribution in [2.75, 3.05) is 27.2 Å². The van der Waals surface area contributed by atoms with Gasteiger partial charge < -0.3 is 20.0 Å². The highest BCUT2D eigenvalue weighted by Gasteiger charge is 2.11. The number of amides is 2. The molecular weight excluding hydrogens is 296 g/mol. The SMILES string of the molecule is CN(C)CCNC(=O)c1cncc(C(=O)NCc2ccco2)c1. The number of hydrogen-bond acceptors (Lipinski definition) is 5. The summed E-state index contributed by atoms with van der Waals surface area (Å²) >= 11 is 0. The molecule has 0 aliphatic carbocycles. The van der Waals surface area contributed by atoms with Gasteiger partial charge in [0.1, 0.15) is 5.76 Å². The number of likely N-dealkylation sites (N-methyl/N-ethyl adjacent to an activating group) is 1. The molecule has 2 amide bonds. The minimum atomic E-state index is -0.308. The number of nitrogens with zero attached hydrogens (tertiary/aromatic N) is 2. The minimum absolute atomic E-state index is 0.250. The molecule has 0 aliphatic heterocycles. The van der Waals surface area contributed by atoms with E-state index in [0.717, 1.165) is 6.54 Å². The number of pyridine rings is 1. The van der Waals surface area contributed by atoms with Crippen molar-refractivity contribution in [2.45, 2.75) is 6.54 Å². The van der Waals surface area contributed by atoms with Crippen molar-refractivity contribution in [3.63, 3.8) is 0 Å². The maximum absolute atomic E-state index is 12.1. The predicted molar refractivity (Wildman–Crippen MR) is 85.0 cm³/mol. The average molecular weight is 316 g/mol. The Morgan fingerprint density at radius 1 is 1.17 bits per heavy atom. The smallest absolute Gasteiger partial charge is 0.253 e. The Balaban J connectivity index is 1.92. The van der Waals surface area contributed by atoms with Crippen LogP contribution >= 0.6 is 0 Å². The summed E-state index contributed by atoms with van der Waals surface area (Å²) in [5.74, 6) is 0.0979. The molecule has 0 saturated carbocycles. The first-order valence-electron chi connectivity index (χ1n) is 7.25. The van der Waals surface area contributed by atoms with Crippen LogP contribution in [0.2, 0.25) is 0 Å². The number of carbonyl (C=O) groups excluding carboxylic acids is 2. The lowest BCUT2D eigenvalue weighted by molar-refractivity contribution is 0.0947. The molecule has 0 unspecified atom stereocenters. The summed E-state index contributed by atoms with van der Waals surface area (Å²) in [6, 6.07) is 5.05. The van der Waals surface area contributed by atoms with Gasteiger partial charge in [-0.2, -0.15) is 0 Å². The first kappa shape index (κ1) is 16.7. The van der Waals surface area contributed by atoms with Gasteiger partial charge in [0.15, 0.2) is 0 Å². The largest absolute Gasteiger partial charge is 0.467 e. The summed E-state index contributed by atoms with van der Waals surface area (Å²) in [6.07, 6.45) is 4.41. The highest BCUT2D eigenvalue weighted by molar-refractivity contribution is 5.99. The number of furan rings is 1. The molecule has 2 aromatic heterocycles. The topological polar surface area (TPSA) is 87.5 Å². The van der Waals surface area contributed by atoms with Gasteiger partial charge in [0.2, 0.25) is 0 Å². The second kappa shape index (κ2) is 8.09. The van der Waals surface area contributed by atoms with Crippen LogP contribution in [0.3, 0.4) is 0 Å². The Morgan fingerprint density at radius 2 is 1.87 bits per heavy atom. The van der Waals surface area contributed by atoms with Crippen LogP contribution in [-0.2, 0) is 6.54 Å². The normalized spacial score (nSPS) is 10.6. The second-order valence-electron chi connectivity index (χ2n) is 5.28. The molecule has 7 nitrogen and oxygen atoms in total. The summed E-state index contributed by atoms with van der Waals surface area (Å²) < 4.78 is 5.15. The molecule has 7 heteroatoms. The van der Waals surface area contributed by atoms with Crippen molar-refractivity contribution in [3.05, 3.63) is 53.7 Å². The number of aromatic nitrogens is 1. The minimum Gasteiger partial charge on any atom is -0.467 e. The molecular formula is C16H20N4O3. The van der Waals surface area contributed by atoms with E-state index in [1.807, 2.05) is 19.0 Å². The molecule has 122 valence electrons. The van der Waals surface area contributed by atoms with Crippen LogP contribution < -0.4 is 10.6 Å². The van der Waals surface area contributed by atoms with Gasteiger partial charge in [0, 0.05) is 25.5 Å². The molecule has 2 N–H and O–H groups in total. The van der Waals surface area contributed by atoms with Crippen LogP contribution in [0.15, 0.2) is 41.3 Å². The van der Waals surface area contributed by atoms with Crippen LogP contribution in [0, 0.1) is 0 Å². The monoisotopic (exact) mass is 316 g/mol. The molecule has 0 bridgehead atoms. The molecule has 0 saturated heterocycles. The molecule has 0 radical (unpaired) electrons. The first-order chi connectivity index (χ1) is 11.1. The molecule has 2 rings (SSSR count). The lowest BCUT2D eigenvalue weighted by Crippen LogP contribution is -2.31. The molecule has 0 fully saturated rings. The molecule has 2 aromatic rings. The first-order valence-corrected chi connectivity index (χ1v) is 7.25. The fourth-order valence-corrected chi connectivity index (χ4v) is 1.87. The van der Waals surface area contributed by atoms with E-state index >= 15 is 0 Å². The third-order valence-corrected chi connectivity index (χ3v) is 3.11. The van der Waals surface area contributed by atoms with E-state index in [4.69, 9.17) is 4.42 Å². The van der Waals surface area contributed by atoms with Crippen LogP contribution in [0.5, 0.6) is 0 Å². The van der Waals surface area contributed by atoms with E-state index < -0.39 is 0 Å². The van der Waals surface area contributed by atoms with Crippen molar-refractivity contribution in [1.82, 2.24) is 20.5 Å². The van der Waals surface area contributed by atoms with Gasteiger partial charge in [-0.15, -0.1) is 0 Å². The zero-order valence-corrected chi connectivity index (χ0v) is 13.2. The summed E-state index contributed by atoms with van der Waals surface area (Å²) in [5, 5.41) is 5.50. The quantitative estimate of drug-likeness (QED) is 0.792. The van der Waals surface area contributed by atoms with Crippen molar-refractivity contribution < 1.29 is 14.0 Å². The number of rotatable bonds is 7. The van der Waals surface area contributed by atoms with Gasteiger partial charge in [0.25, 0.3) is 11.8 Å². The molecule has 0 spiro atoms. The standard InChI is InChI=1S/C16H20N4O3/c1-20(2)6-5-18-15(21)12-8-13(10-17-9-12)16(22)19-11-14-4-3-7-23-14/h3-4,7-10H,5-6,11H2,1-2H3,(H,18,21)(H,19,22). The summed E-state index contributed by atoms with van der Waals surface area (Å²) in [5.41, 5.74) is 0.686. The Hall–Kier alpha value is -2.67. The van der Waals surface area contributed by atoms with Crippen LogP contribution in [0.25, 0.3) is 0 Å². The van der Waals surface area contributed by atoms with Gasteiger partial charge in [-0.05, 0) is 32.3 Å². The summed E-state index contributed by atoms with van der Waals surface area (Å²) in [6.45, 7) is 1.55. The predicted octanol–water partition coefficient (Wildman–Crippen LogP) is 0.896. The van der Waals surface area contributed by atoms with E-state index in [1.165, 1.54) is 18.5 Å². The van der Waals surface area contributed by atoms with Gasteiger partial charge >= 0.3 is 0 Å². The van der Waals surface area contributed by atoms with Gasteiger partial charge in [-0.1, -0.05) is 0 Å². The van der Waals surface area contributed by atoms with E-state index in [9.17, 15) is 9.59 Å². The zero-order valence-electron chi connectivity index (χ0n) is 13.2. The van der Waals surface area contributed by atoms with Crippen molar-refractivity contribution in [2.24, 2.45) is 0 Å². The molecule has 0 atom stereocenters. The third kappa shape index (κ3) is 5.23. The fourth-order valence-electron chi connectivity index (χ4n) is 1.87. The molecule has 0 aromatic carbocycles. The van der Waals surface area contributed by atoms with Crippen LogP contribution in [0.4, 0.5) is 0 Å². The van der Waals surface area contributed by atoms with Gasteiger partial charge in [-0.25, -0.2) is 0 Å². The summed E-state index contributed by atoms with van der Waals surface area (Å²) in [4.78, 5) is 30.0. The summed E-state index contributed by atoms with van der Waals surface area (Å²) in [7, 11) is 3.86. The Labute approximate surface area is 134 Å². The van der Waals surface area contributed by atoms with Crippen LogP contribution in [0.1, 0.15) is 26.5 Å². The zero-order chi connectivity index (χ0) is 16.7. The van der Waals surface area contributed by atoms with E-state index in [2.05, 4.69) is 15.6 Å². The van der Waals surface area contributed by atoms with Crippen molar-refractivity contribution >= 4 is 11.8 Å². The average Bonchev–Trinajstić information content (AvgIpc) is 3.05. The van der Waals surface area contributed by atoms with Gasteiger partial charge in [-0.3, -0.25) is 14.6 Å². The lowest BCUT2D eigenvalue weighted by Gasteiger charge is -2.10. The van der Waals surface area contributed by atoms with Crippen LogP contribution in [-0.4, -0.2) is 48.9 Å². The number of hydrogen-bond donors (Lipinski definition) is 2. The maximum Gasteiger partial charge on any atom is 0.253 e. The number of nitrogens with one attached hydrogen (secondary N) is 2. The number of carbonyl (C=O) groups is 2. The van der Waals surface area contributed by atoms with Crippen molar-refractivity contribution in [1.29, 1.82) is 0 Å². The molecule has 23 heavy (non-hydrogen) atoms. The second-order valence-corrected chi connectivity index (χ2v) is 5.28. The Bertz CT molecular complexity index is 653. The maximum atomic E-state index is 12.1. The Morgan fingerprint density at radius 3 is 2.48 bits per heavy atom. The highest BCUT2D eigenvalue weighted by atomic mass is 16.3. The fraction of sp³-hybridized carbons (Fsp3) is 0.312. The Kier molecular flexibility index (Phi) is 5.87. The third-order valence-electron chi connectivity index (χ3n) is 3.11. The van der Waals surface area contributed by atoms with Crippen molar-refractivity contribution in [3.8, 4) is 0 Å². The van der Waals surface area contributed by atoms with E-state index in [1.54, 1.807) is 18.4 Å². The lowest BCUT2D eigenvalue weighted by atomic mass is 10.2. The van der Waals surface area contributed by atoms with E-state index in [0.29, 0.717) is 23.4 Å². The molecule has 0 aliphatic rings.